The van der Waals surface area contributed by atoms with Gasteiger partial charge in [0, 0.05) is 35.8 Å². The fourth-order valence-corrected chi connectivity index (χ4v) is 4.14. The molecular formula is C18H19N3S. The van der Waals surface area contributed by atoms with Crippen molar-refractivity contribution in [1.29, 1.82) is 0 Å². The first-order valence-electron chi connectivity index (χ1n) is 7.70. The Morgan fingerprint density at radius 2 is 2.09 bits per heavy atom. The van der Waals surface area contributed by atoms with Crippen LogP contribution in [0.1, 0.15) is 29.0 Å². The molecule has 2 aromatic heterocycles. The Morgan fingerprint density at radius 3 is 2.95 bits per heavy atom. The van der Waals surface area contributed by atoms with Crippen molar-refractivity contribution in [3.63, 3.8) is 0 Å². The number of nitrogens with zero attached hydrogens (tertiary/aromatic N) is 3. The summed E-state index contributed by atoms with van der Waals surface area (Å²) in [6.07, 6.45) is 5.30. The van der Waals surface area contributed by atoms with Crippen LogP contribution >= 0.6 is 11.3 Å². The van der Waals surface area contributed by atoms with Crippen LogP contribution in [0.4, 0.5) is 0 Å². The van der Waals surface area contributed by atoms with Crippen LogP contribution in [0.5, 0.6) is 0 Å². The smallest absolute Gasteiger partial charge is 0.0645 e. The van der Waals surface area contributed by atoms with Crippen molar-refractivity contribution in [1.82, 2.24) is 14.7 Å². The maximum atomic E-state index is 4.50. The Hall–Kier alpha value is -1.91. The summed E-state index contributed by atoms with van der Waals surface area (Å²) in [7, 11) is 0. The summed E-state index contributed by atoms with van der Waals surface area (Å²) in [4.78, 5) is 4.10. The maximum absolute atomic E-state index is 4.50. The van der Waals surface area contributed by atoms with E-state index in [1.54, 1.807) is 4.88 Å². The van der Waals surface area contributed by atoms with Crippen molar-refractivity contribution in [2.75, 3.05) is 6.54 Å². The number of rotatable bonds is 3. The van der Waals surface area contributed by atoms with E-state index < -0.39 is 0 Å². The fraction of sp³-hybridized carbons (Fsp3) is 0.278. The molecule has 0 N–H and O–H groups in total. The minimum absolute atomic E-state index is 0.495. The minimum Gasteiger partial charge on any atom is -0.292 e. The summed E-state index contributed by atoms with van der Waals surface area (Å²) in [5.74, 6) is 0. The van der Waals surface area contributed by atoms with E-state index in [-0.39, 0.29) is 0 Å². The third-order valence-corrected chi connectivity index (χ3v) is 5.44. The van der Waals surface area contributed by atoms with Crippen molar-refractivity contribution in [3.05, 3.63) is 70.2 Å². The molecule has 0 amide bonds. The summed E-state index contributed by atoms with van der Waals surface area (Å²) < 4.78 is 1.96. The number of benzene rings is 1. The molecule has 3 aromatic rings. The van der Waals surface area contributed by atoms with E-state index >= 15 is 0 Å². The largest absolute Gasteiger partial charge is 0.292 e. The van der Waals surface area contributed by atoms with Crippen molar-refractivity contribution in [3.8, 4) is 5.69 Å². The lowest BCUT2D eigenvalue weighted by Gasteiger charge is -2.33. The van der Waals surface area contributed by atoms with Crippen LogP contribution in [0, 0.1) is 0 Å². The van der Waals surface area contributed by atoms with Gasteiger partial charge in [-0.15, -0.1) is 11.3 Å². The van der Waals surface area contributed by atoms with Gasteiger partial charge in [0.05, 0.1) is 11.9 Å². The Bertz CT molecular complexity index is 760. The molecule has 112 valence electrons. The van der Waals surface area contributed by atoms with Crippen LogP contribution in [-0.2, 0) is 13.0 Å². The molecule has 1 aliphatic rings. The molecule has 0 bridgehead atoms. The summed E-state index contributed by atoms with van der Waals surface area (Å²) in [5.41, 5.74) is 3.89. The monoisotopic (exact) mass is 309 g/mol. The first-order valence-corrected chi connectivity index (χ1v) is 8.58. The van der Waals surface area contributed by atoms with Gasteiger partial charge in [-0.2, -0.15) is 5.10 Å². The lowest BCUT2D eigenvalue weighted by Crippen LogP contribution is -2.32. The zero-order chi connectivity index (χ0) is 14.9. The number of aromatic nitrogens is 2. The van der Waals surface area contributed by atoms with Gasteiger partial charge in [-0.25, -0.2) is 4.68 Å². The van der Waals surface area contributed by atoms with Crippen molar-refractivity contribution >= 4 is 11.3 Å². The Balaban J connectivity index is 1.52. The molecule has 0 aliphatic carbocycles. The van der Waals surface area contributed by atoms with Gasteiger partial charge in [-0.1, -0.05) is 18.2 Å². The van der Waals surface area contributed by atoms with E-state index in [1.165, 1.54) is 17.5 Å². The maximum Gasteiger partial charge on any atom is 0.0645 e. The molecule has 4 heteroatoms. The highest BCUT2D eigenvalue weighted by Gasteiger charge is 2.24. The topological polar surface area (TPSA) is 21.1 Å². The van der Waals surface area contributed by atoms with Gasteiger partial charge in [0.1, 0.15) is 0 Å². The molecule has 0 fully saturated rings. The van der Waals surface area contributed by atoms with Gasteiger partial charge in [0.2, 0.25) is 0 Å². The van der Waals surface area contributed by atoms with E-state index in [2.05, 4.69) is 46.7 Å². The van der Waals surface area contributed by atoms with Crippen molar-refractivity contribution in [2.24, 2.45) is 0 Å². The molecule has 0 saturated carbocycles. The van der Waals surface area contributed by atoms with Gasteiger partial charge in [0.15, 0.2) is 0 Å². The number of hydrogen-bond acceptors (Lipinski definition) is 3. The van der Waals surface area contributed by atoms with E-state index in [0.29, 0.717) is 6.04 Å². The average Bonchev–Trinajstić information content (AvgIpc) is 3.20. The third-order valence-electron chi connectivity index (χ3n) is 4.45. The Morgan fingerprint density at radius 1 is 1.23 bits per heavy atom. The van der Waals surface area contributed by atoms with Gasteiger partial charge in [-0.05, 0) is 42.5 Å². The second-order valence-electron chi connectivity index (χ2n) is 5.82. The lowest BCUT2D eigenvalue weighted by molar-refractivity contribution is 0.191. The number of fused-ring (bicyclic) bond motifs is 1. The molecule has 0 radical (unpaired) electrons. The van der Waals surface area contributed by atoms with Crippen LogP contribution in [0.2, 0.25) is 0 Å². The quantitative estimate of drug-likeness (QED) is 0.727. The first-order chi connectivity index (χ1) is 10.8. The van der Waals surface area contributed by atoms with Crippen LogP contribution in [0.15, 0.2) is 54.2 Å². The van der Waals surface area contributed by atoms with Crippen LogP contribution < -0.4 is 0 Å². The summed E-state index contributed by atoms with van der Waals surface area (Å²) in [6, 6.07) is 13.1. The van der Waals surface area contributed by atoms with E-state index in [9.17, 15) is 0 Å². The predicted octanol–water partition coefficient (Wildman–Crippen LogP) is 4.05. The molecule has 1 aromatic carbocycles. The van der Waals surface area contributed by atoms with Gasteiger partial charge < -0.3 is 0 Å². The molecule has 4 rings (SSSR count). The average molecular weight is 309 g/mol. The van der Waals surface area contributed by atoms with E-state index in [1.807, 2.05) is 40.4 Å². The number of hydrogen-bond donors (Lipinski definition) is 0. The molecule has 1 unspecified atom stereocenters. The highest BCUT2D eigenvalue weighted by atomic mass is 32.1. The molecule has 0 saturated heterocycles. The van der Waals surface area contributed by atoms with Crippen LogP contribution in [-0.4, -0.2) is 21.2 Å². The first kappa shape index (κ1) is 13.7. The van der Waals surface area contributed by atoms with Crippen molar-refractivity contribution < 1.29 is 0 Å². The van der Waals surface area contributed by atoms with Gasteiger partial charge in [0.25, 0.3) is 0 Å². The highest BCUT2D eigenvalue weighted by molar-refractivity contribution is 7.10. The second-order valence-corrected chi connectivity index (χ2v) is 6.82. The van der Waals surface area contributed by atoms with Crippen LogP contribution in [0.3, 0.4) is 0 Å². The standard InChI is InChI=1S/C18H19N3S/c1-14-17-8-10-22-18(17)7-9-20(14)12-15-11-19-21(13-15)16-5-3-2-4-6-16/h2-6,8,10-11,13-14H,7,9,12H2,1H3. The van der Waals surface area contributed by atoms with E-state index in [4.69, 9.17) is 0 Å². The zero-order valence-electron chi connectivity index (χ0n) is 12.6. The zero-order valence-corrected chi connectivity index (χ0v) is 13.5. The molecule has 3 nitrogen and oxygen atoms in total. The Labute approximate surface area is 134 Å². The molecular weight excluding hydrogens is 290 g/mol. The van der Waals surface area contributed by atoms with Gasteiger partial charge >= 0.3 is 0 Å². The molecule has 1 atom stereocenters. The summed E-state index contributed by atoms with van der Waals surface area (Å²) >= 11 is 1.90. The number of thiophene rings is 1. The lowest BCUT2D eigenvalue weighted by atomic mass is 10.0. The highest BCUT2D eigenvalue weighted by Crippen LogP contribution is 2.33. The normalized spacial score (nSPS) is 18.3. The third kappa shape index (κ3) is 2.49. The predicted molar refractivity (Wildman–Crippen MR) is 90.4 cm³/mol. The van der Waals surface area contributed by atoms with Crippen molar-refractivity contribution in [2.45, 2.75) is 25.9 Å². The summed E-state index contributed by atoms with van der Waals surface area (Å²) in [6.45, 7) is 4.40. The van der Waals surface area contributed by atoms with Gasteiger partial charge in [-0.3, -0.25) is 4.90 Å². The Kier molecular flexibility index (Phi) is 3.56. The van der Waals surface area contributed by atoms with E-state index in [0.717, 1.165) is 18.8 Å². The molecule has 0 spiro atoms. The molecule has 3 heterocycles. The molecule has 1 aliphatic heterocycles. The second kappa shape index (κ2) is 5.71. The SMILES string of the molecule is CC1c2ccsc2CCN1Cc1cnn(-c2ccccc2)c1. The number of para-hydroxylation sites is 1. The summed E-state index contributed by atoms with van der Waals surface area (Å²) in [5, 5.41) is 6.72. The molecule has 22 heavy (non-hydrogen) atoms. The minimum atomic E-state index is 0.495. The van der Waals surface area contributed by atoms with Crippen LogP contribution in [0.25, 0.3) is 5.69 Å². The fourth-order valence-electron chi connectivity index (χ4n) is 3.18.